The molecule has 0 fully saturated rings. The van der Waals surface area contributed by atoms with E-state index in [0.29, 0.717) is 13.1 Å². The molecule has 0 saturated heterocycles. The fourth-order valence-corrected chi connectivity index (χ4v) is 5.28. The van der Waals surface area contributed by atoms with E-state index in [4.69, 9.17) is 28.3 Å². The van der Waals surface area contributed by atoms with Crippen molar-refractivity contribution in [3.8, 4) is 0 Å². The summed E-state index contributed by atoms with van der Waals surface area (Å²) in [5.41, 5.74) is 4.21. The monoisotopic (exact) mass is 712 g/mol. The molecule has 12 nitrogen and oxygen atoms in total. The summed E-state index contributed by atoms with van der Waals surface area (Å²) in [6, 6.07) is 16.0. The summed E-state index contributed by atoms with van der Waals surface area (Å²) in [5.74, 6) is -2.83. The first-order valence-electron chi connectivity index (χ1n) is 15.3. The van der Waals surface area contributed by atoms with Crippen molar-refractivity contribution in [2.45, 2.75) is 65.5 Å². The summed E-state index contributed by atoms with van der Waals surface area (Å²) in [4.78, 5) is 47.3. The van der Waals surface area contributed by atoms with Gasteiger partial charge in [-0.05, 0) is 33.1 Å². The Morgan fingerprint density at radius 2 is 1.04 bits per heavy atom. The van der Waals surface area contributed by atoms with E-state index >= 15 is 0 Å². The maximum Gasteiger partial charge on any atom is 0.360 e. The Hall–Kier alpha value is -4.68. The zero-order valence-electron chi connectivity index (χ0n) is 29.1. The van der Waals surface area contributed by atoms with Crippen molar-refractivity contribution in [1.29, 1.82) is 0 Å². The lowest BCUT2D eigenvalue weighted by Gasteiger charge is -2.19. The molecule has 49 heavy (non-hydrogen) atoms. The molecule has 0 unspecified atom stereocenters. The highest BCUT2D eigenvalue weighted by atomic mass is 35.5. The van der Waals surface area contributed by atoms with Crippen LogP contribution in [0.2, 0.25) is 10.0 Å². The van der Waals surface area contributed by atoms with Crippen LogP contribution in [-0.2, 0) is 42.8 Å². The minimum absolute atomic E-state index is 0.0186. The van der Waals surface area contributed by atoms with Crippen LogP contribution in [0, 0.1) is 0 Å². The number of methoxy groups -OCH3 is 1. The number of carbonyl (C=O) groups is 4. The largest absolute Gasteiger partial charge is 0.476 e. The quantitative estimate of drug-likeness (QED) is 0.185. The number of ether oxygens (including phenoxy) is 1. The van der Waals surface area contributed by atoms with E-state index in [0.717, 1.165) is 11.1 Å². The van der Waals surface area contributed by atoms with Crippen LogP contribution in [0.1, 0.15) is 106 Å². The maximum atomic E-state index is 12.4. The molecule has 0 aliphatic carbocycles. The van der Waals surface area contributed by atoms with E-state index in [-0.39, 0.29) is 43.7 Å². The highest BCUT2D eigenvalue weighted by Gasteiger charge is 2.26. The number of hydrogen-bond acceptors (Lipinski definition) is 7. The lowest BCUT2D eigenvalue weighted by atomic mass is 9.87. The summed E-state index contributed by atoms with van der Waals surface area (Å²) in [6.45, 7) is 13.5. The average Bonchev–Trinajstić information content (AvgIpc) is 3.51. The average molecular weight is 714 g/mol. The third kappa shape index (κ3) is 9.70. The van der Waals surface area contributed by atoms with Crippen LogP contribution in [0.3, 0.4) is 0 Å². The van der Waals surface area contributed by atoms with E-state index in [1.54, 1.807) is 7.05 Å². The Morgan fingerprint density at radius 1 is 0.694 bits per heavy atom. The van der Waals surface area contributed by atoms with Gasteiger partial charge in [0.05, 0.1) is 7.11 Å². The number of carboxylic acid groups (broad SMARTS) is 1. The van der Waals surface area contributed by atoms with Crippen LogP contribution < -0.4 is 10.6 Å². The summed E-state index contributed by atoms with van der Waals surface area (Å²) < 4.78 is 7.04. The molecule has 4 rings (SSSR count). The second kappa shape index (κ2) is 15.7. The number of benzene rings is 2. The molecule has 0 atom stereocenters. The van der Waals surface area contributed by atoms with E-state index in [1.807, 2.05) is 48.5 Å². The summed E-state index contributed by atoms with van der Waals surface area (Å²) in [5, 5.41) is 22.0. The Morgan fingerprint density at radius 3 is 1.35 bits per heavy atom. The second-order valence-electron chi connectivity index (χ2n) is 13.3. The van der Waals surface area contributed by atoms with Gasteiger partial charge in [0.25, 0.3) is 11.8 Å². The predicted molar refractivity (Wildman–Crippen MR) is 187 cm³/mol. The molecular weight excluding hydrogens is 671 g/mol. The summed E-state index contributed by atoms with van der Waals surface area (Å²) in [6.07, 6.45) is 0. The van der Waals surface area contributed by atoms with Crippen molar-refractivity contribution in [2.24, 2.45) is 14.1 Å². The smallest absolute Gasteiger partial charge is 0.360 e. The van der Waals surface area contributed by atoms with Crippen LogP contribution in [-0.4, -0.2) is 55.5 Å². The number of amides is 2. The van der Waals surface area contributed by atoms with Gasteiger partial charge in [0, 0.05) is 27.2 Å². The van der Waals surface area contributed by atoms with E-state index in [9.17, 15) is 19.2 Å². The molecule has 2 aromatic carbocycles. The maximum absolute atomic E-state index is 12.4. The van der Waals surface area contributed by atoms with Gasteiger partial charge in [0.15, 0.2) is 11.4 Å². The first-order valence-corrected chi connectivity index (χ1v) is 16.0. The van der Waals surface area contributed by atoms with Gasteiger partial charge >= 0.3 is 11.9 Å². The lowest BCUT2D eigenvalue weighted by molar-refractivity contribution is 0.0592. The number of nitrogens with zero attached hydrogens (tertiary/aromatic N) is 4. The van der Waals surface area contributed by atoms with Crippen LogP contribution in [0.5, 0.6) is 0 Å². The van der Waals surface area contributed by atoms with Crippen molar-refractivity contribution in [2.75, 3.05) is 7.11 Å². The van der Waals surface area contributed by atoms with Gasteiger partial charge in [-0.15, -0.1) is 0 Å². The fourth-order valence-electron chi connectivity index (χ4n) is 4.63. The number of hydrogen-bond donors (Lipinski definition) is 3. The molecule has 14 heteroatoms. The van der Waals surface area contributed by atoms with Gasteiger partial charge in [-0.2, -0.15) is 10.2 Å². The lowest BCUT2D eigenvalue weighted by Crippen LogP contribution is -2.25. The standard InChI is InChI=1S/C18H22ClN3O3.C17H20ClN3O3/c1-18(2,3)12-8-6-11(7-9-12)10-20-16(23)15-13(19)14(17(24)25-5)21-22(15)4;1-17(2,3)11-7-5-10(6-8-11)9-19-15(22)14-12(18)13(16(23)24)20-21(14)4/h6-9H,10H2,1-5H3,(H,20,23);5-8H,9H2,1-4H3,(H,19,22)(H,23,24). The molecule has 0 radical (unpaired) electrons. The van der Waals surface area contributed by atoms with Crippen molar-refractivity contribution in [1.82, 2.24) is 30.2 Å². The molecule has 0 saturated carbocycles. The SMILES string of the molecule is COC(=O)c1nn(C)c(C(=O)NCc2ccc(C(C)(C)C)cc2)c1Cl.Cn1nc(C(=O)O)c(Cl)c1C(=O)NCc1ccc(C(C)(C)C)cc1. The van der Waals surface area contributed by atoms with E-state index < -0.39 is 23.8 Å². The Bertz CT molecular complexity index is 1830. The number of carbonyl (C=O) groups excluding carboxylic acids is 3. The van der Waals surface area contributed by atoms with Crippen LogP contribution >= 0.6 is 23.2 Å². The summed E-state index contributed by atoms with van der Waals surface area (Å²) >= 11 is 12.1. The van der Waals surface area contributed by atoms with Gasteiger partial charge in [-0.25, -0.2) is 9.59 Å². The molecule has 4 aromatic rings. The highest BCUT2D eigenvalue weighted by molar-refractivity contribution is 6.36. The molecule has 3 N–H and O–H groups in total. The number of aromatic carboxylic acids is 1. The van der Waals surface area contributed by atoms with E-state index in [1.165, 1.54) is 34.6 Å². The molecule has 0 aliphatic rings. The zero-order valence-corrected chi connectivity index (χ0v) is 30.6. The van der Waals surface area contributed by atoms with Crippen molar-refractivity contribution in [3.05, 3.63) is 104 Å². The van der Waals surface area contributed by atoms with Gasteiger partial charge in [0.1, 0.15) is 21.4 Å². The minimum atomic E-state index is -1.27. The first-order chi connectivity index (χ1) is 22.8. The predicted octanol–water partition coefficient (Wildman–Crippen LogP) is 6.09. The molecule has 2 heterocycles. The number of rotatable bonds is 8. The highest BCUT2D eigenvalue weighted by Crippen LogP contribution is 2.25. The Balaban J connectivity index is 0.000000266. The van der Waals surface area contributed by atoms with Gasteiger partial charge in [0.2, 0.25) is 0 Å². The van der Waals surface area contributed by atoms with Crippen molar-refractivity contribution in [3.63, 3.8) is 0 Å². The Labute approximate surface area is 295 Å². The fraction of sp³-hybridized carbons (Fsp3) is 0.371. The van der Waals surface area contributed by atoms with Crippen LogP contribution in [0.25, 0.3) is 0 Å². The number of carboxylic acids is 1. The zero-order chi connectivity index (χ0) is 36.8. The molecule has 0 bridgehead atoms. The number of aryl methyl sites for hydroxylation is 2. The molecular formula is C35H42Cl2N6O6. The van der Waals surface area contributed by atoms with Gasteiger partial charge in [-0.3, -0.25) is 19.0 Å². The number of nitrogens with one attached hydrogen (secondary N) is 2. The number of aromatic nitrogens is 4. The topological polar surface area (TPSA) is 157 Å². The summed E-state index contributed by atoms with van der Waals surface area (Å²) in [7, 11) is 4.26. The normalized spacial score (nSPS) is 11.3. The molecule has 262 valence electrons. The number of esters is 1. The number of halogens is 2. The first kappa shape index (κ1) is 38.8. The molecule has 0 spiro atoms. The van der Waals surface area contributed by atoms with E-state index in [2.05, 4.69) is 67.1 Å². The van der Waals surface area contributed by atoms with Crippen molar-refractivity contribution >= 4 is 47.0 Å². The molecule has 0 aliphatic heterocycles. The minimum Gasteiger partial charge on any atom is -0.476 e. The Kier molecular flexibility index (Phi) is 12.4. The third-order valence-corrected chi connectivity index (χ3v) is 8.25. The second-order valence-corrected chi connectivity index (χ2v) is 14.1. The molecule has 2 aromatic heterocycles. The van der Waals surface area contributed by atoms with Crippen molar-refractivity contribution < 1.29 is 29.0 Å². The van der Waals surface area contributed by atoms with Gasteiger partial charge in [-0.1, -0.05) is 113 Å². The van der Waals surface area contributed by atoms with Crippen LogP contribution in [0.15, 0.2) is 48.5 Å². The molecule has 2 amide bonds. The van der Waals surface area contributed by atoms with Gasteiger partial charge < -0.3 is 20.5 Å². The third-order valence-electron chi connectivity index (χ3n) is 7.54. The van der Waals surface area contributed by atoms with Crippen LogP contribution in [0.4, 0.5) is 0 Å².